The third kappa shape index (κ3) is 3.57. The van der Waals surface area contributed by atoms with Crippen LogP contribution in [0.25, 0.3) is 11.3 Å². The molecule has 0 unspecified atom stereocenters. The fourth-order valence-corrected chi connectivity index (χ4v) is 3.10. The Morgan fingerprint density at radius 1 is 1.35 bits per heavy atom. The molecule has 0 amide bonds. The number of aromatic nitrogens is 1. The zero-order valence-electron chi connectivity index (χ0n) is 10.8. The van der Waals surface area contributed by atoms with E-state index in [0.717, 1.165) is 0 Å². The minimum atomic E-state index is -3.65. The summed E-state index contributed by atoms with van der Waals surface area (Å²) in [5, 5.41) is 3.59. The molecule has 3 N–H and O–H groups in total. The van der Waals surface area contributed by atoms with Gasteiger partial charge in [-0.2, -0.15) is 0 Å². The summed E-state index contributed by atoms with van der Waals surface area (Å²) in [6, 6.07) is 7.85. The van der Waals surface area contributed by atoms with Gasteiger partial charge in [0.05, 0.1) is 11.1 Å². The van der Waals surface area contributed by atoms with Gasteiger partial charge in [-0.3, -0.25) is 0 Å². The van der Waals surface area contributed by atoms with Crippen molar-refractivity contribution in [1.29, 1.82) is 0 Å². The molecule has 1 atom stereocenters. The Kier molecular flexibility index (Phi) is 5.70. The Bertz CT molecular complexity index is 644. The van der Waals surface area contributed by atoms with E-state index in [4.69, 9.17) is 10.3 Å². The lowest BCUT2D eigenvalue weighted by Gasteiger charge is -2.13. The number of benzene rings is 1. The van der Waals surface area contributed by atoms with E-state index >= 15 is 0 Å². The van der Waals surface area contributed by atoms with Gasteiger partial charge in [0.1, 0.15) is 0 Å². The van der Waals surface area contributed by atoms with Crippen LogP contribution in [-0.4, -0.2) is 26.2 Å². The van der Waals surface area contributed by atoms with Crippen molar-refractivity contribution < 1.29 is 12.9 Å². The number of hydrogen-bond donors (Lipinski definition) is 2. The lowest BCUT2D eigenvalue weighted by Crippen LogP contribution is -2.37. The van der Waals surface area contributed by atoms with Gasteiger partial charge in [0.25, 0.3) is 0 Å². The molecule has 0 spiro atoms. The van der Waals surface area contributed by atoms with E-state index < -0.39 is 10.0 Å². The van der Waals surface area contributed by atoms with Crippen molar-refractivity contribution in [3.8, 4) is 11.3 Å². The molecule has 0 bridgehead atoms. The standard InChI is InChI=1S/C12H15N3O3S.ClH/c1-9(8-13)15-19(16,17)12-5-3-2-4-10(12)11-6-7-14-18-11;/h2-7,9,15H,8,13H2,1H3;1H/t9-;/m1./s1. The summed E-state index contributed by atoms with van der Waals surface area (Å²) in [5.41, 5.74) is 5.90. The summed E-state index contributed by atoms with van der Waals surface area (Å²) < 4.78 is 32.1. The van der Waals surface area contributed by atoms with Crippen LogP contribution < -0.4 is 10.5 Å². The van der Waals surface area contributed by atoms with Crippen molar-refractivity contribution in [2.24, 2.45) is 5.73 Å². The molecule has 2 aromatic rings. The predicted molar refractivity (Wildman–Crippen MR) is 78.0 cm³/mol. The molecule has 0 saturated heterocycles. The highest BCUT2D eigenvalue weighted by Gasteiger charge is 2.22. The van der Waals surface area contributed by atoms with Gasteiger partial charge in [-0.15, -0.1) is 12.4 Å². The molecule has 0 fully saturated rings. The second-order valence-electron chi connectivity index (χ2n) is 4.13. The number of hydrogen-bond acceptors (Lipinski definition) is 5. The van der Waals surface area contributed by atoms with Gasteiger partial charge in [0.15, 0.2) is 5.76 Å². The SMILES string of the molecule is C[C@H](CN)NS(=O)(=O)c1ccccc1-c1ccno1.Cl. The summed E-state index contributed by atoms with van der Waals surface area (Å²) in [7, 11) is -3.65. The van der Waals surface area contributed by atoms with E-state index in [1.54, 1.807) is 31.2 Å². The van der Waals surface area contributed by atoms with E-state index in [-0.39, 0.29) is 29.9 Å². The first-order valence-corrected chi connectivity index (χ1v) is 7.25. The lowest BCUT2D eigenvalue weighted by molar-refractivity contribution is 0.431. The number of nitrogens with zero attached hydrogens (tertiary/aromatic N) is 1. The van der Waals surface area contributed by atoms with Crippen molar-refractivity contribution >= 4 is 22.4 Å². The van der Waals surface area contributed by atoms with Gasteiger partial charge < -0.3 is 10.3 Å². The molecule has 0 aliphatic carbocycles. The first-order chi connectivity index (χ1) is 9.04. The van der Waals surface area contributed by atoms with Crippen LogP contribution in [0.2, 0.25) is 0 Å². The van der Waals surface area contributed by atoms with Crippen molar-refractivity contribution in [3.63, 3.8) is 0 Å². The molecule has 1 aromatic carbocycles. The van der Waals surface area contributed by atoms with Crippen molar-refractivity contribution in [1.82, 2.24) is 9.88 Å². The molecular formula is C12H16ClN3O3S. The summed E-state index contributed by atoms with van der Waals surface area (Å²) in [6.45, 7) is 1.93. The summed E-state index contributed by atoms with van der Waals surface area (Å²) in [6.07, 6.45) is 1.47. The van der Waals surface area contributed by atoms with Crippen LogP contribution in [0.5, 0.6) is 0 Å². The zero-order valence-corrected chi connectivity index (χ0v) is 12.4. The number of rotatable bonds is 5. The third-order valence-electron chi connectivity index (χ3n) is 2.59. The normalized spacial score (nSPS) is 12.7. The fraction of sp³-hybridized carbons (Fsp3) is 0.250. The first-order valence-electron chi connectivity index (χ1n) is 5.77. The van der Waals surface area contributed by atoms with Crippen LogP contribution in [0.4, 0.5) is 0 Å². The maximum Gasteiger partial charge on any atom is 0.241 e. The average molecular weight is 318 g/mol. The Morgan fingerprint density at radius 2 is 2.05 bits per heavy atom. The van der Waals surface area contributed by atoms with Crippen LogP contribution in [0.15, 0.2) is 45.9 Å². The van der Waals surface area contributed by atoms with Gasteiger partial charge in [-0.25, -0.2) is 13.1 Å². The zero-order chi connectivity index (χ0) is 13.9. The van der Waals surface area contributed by atoms with Crippen LogP contribution in [0.3, 0.4) is 0 Å². The molecule has 0 radical (unpaired) electrons. The molecule has 0 aliphatic rings. The largest absolute Gasteiger partial charge is 0.356 e. The quantitative estimate of drug-likeness (QED) is 0.868. The van der Waals surface area contributed by atoms with Crippen LogP contribution >= 0.6 is 12.4 Å². The Morgan fingerprint density at radius 3 is 2.65 bits per heavy atom. The molecule has 0 saturated carbocycles. The highest BCUT2D eigenvalue weighted by atomic mass is 35.5. The van der Waals surface area contributed by atoms with Gasteiger partial charge in [-0.1, -0.05) is 17.3 Å². The fourth-order valence-electron chi connectivity index (χ4n) is 1.64. The molecule has 0 aliphatic heterocycles. The number of nitrogens with one attached hydrogen (secondary N) is 1. The van der Waals surface area contributed by atoms with Gasteiger partial charge >= 0.3 is 0 Å². The lowest BCUT2D eigenvalue weighted by atomic mass is 10.2. The maximum absolute atomic E-state index is 12.3. The first kappa shape index (κ1) is 16.6. The van der Waals surface area contributed by atoms with Gasteiger partial charge in [-0.05, 0) is 19.1 Å². The second kappa shape index (κ2) is 6.85. The highest BCUT2D eigenvalue weighted by molar-refractivity contribution is 7.89. The average Bonchev–Trinajstić information content (AvgIpc) is 2.92. The number of nitrogens with two attached hydrogens (primary N) is 1. The molecule has 8 heteroatoms. The summed E-state index contributed by atoms with van der Waals surface area (Å²) in [4.78, 5) is 0.145. The van der Waals surface area contributed by atoms with E-state index in [9.17, 15) is 8.42 Å². The summed E-state index contributed by atoms with van der Waals surface area (Å²) >= 11 is 0. The van der Waals surface area contributed by atoms with E-state index in [0.29, 0.717) is 11.3 Å². The highest BCUT2D eigenvalue weighted by Crippen LogP contribution is 2.26. The van der Waals surface area contributed by atoms with E-state index in [1.165, 1.54) is 12.3 Å². The molecular weight excluding hydrogens is 302 g/mol. The second-order valence-corrected chi connectivity index (χ2v) is 5.81. The third-order valence-corrected chi connectivity index (χ3v) is 4.24. The number of halogens is 1. The molecule has 2 rings (SSSR count). The maximum atomic E-state index is 12.3. The van der Waals surface area contributed by atoms with Crippen molar-refractivity contribution in [2.75, 3.05) is 6.54 Å². The Balaban J connectivity index is 0.00000200. The molecule has 110 valence electrons. The minimum Gasteiger partial charge on any atom is -0.356 e. The predicted octanol–water partition coefficient (Wildman–Crippen LogP) is 1.39. The monoisotopic (exact) mass is 317 g/mol. The number of sulfonamides is 1. The molecule has 6 nitrogen and oxygen atoms in total. The van der Waals surface area contributed by atoms with Crippen molar-refractivity contribution in [2.45, 2.75) is 17.9 Å². The van der Waals surface area contributed by atoms with Crippen molar-refractivity contribution in [3.05, 3.63) is 36.5 Å². The van der Waals surface area contributed by atoms with Crippen LogP contribution in [0, 0.1) is 0 Å². The van der Waals surface area contributed by atoms with E-state index in [2.05, 4.69) is 9.88 Å². The van der Waals surface area contributed by atoms with E-state index in [1.807, 2.05) is 0 Å². The molecule has 1 aromatic heterocycles. The van der Waals surface area contributed by atoms with Crippen LogP contribution in [-0.2, 0) is 10.0 Å². The van der Waals surface area contributed by atoms with Gasteiger partial charge in [0, 0.05) is 24.2 Å². The molecule has 1 heterocycles. The van der Waals surface area contributed by atoms with Crippen LogP contribution in [0.1, 0.15) is 6.92 Å². The Hall–Kier alpha value is -1.41. The smallest absolute Gasteiger partial charge is 0.241 e. The van der Waals surface area contributed by atoms with Gasteiger partial charge in [0.2, 0.25) is 10.0 Å². The minimum absolute atomic E-state index is 0. The summed E-state index contributed by atoms with van der Waals surface area (Å²) in [5.74, 6) is 0.404. The Labute approximate surface area is 123 Å². The topological polar surface area (TPSA) is 98.2 Å². The molecule has 20 heavy (non-hydrogen) atoms.